The fourth-order valence-corrected chi connectivity index (χ4v) is 3.06. The Kier molecular flexibility index (Phi) is 2.38. The highest BCUT2D eigenvalue weighted by Crippen LogP contribution is 2.40. The van der Waals surface area contributed by atoms with Gasteiger partial charge in [0.25, 0.3) is 0 Å². The van der Waals surface area contributed by atoms with E-state index in [0.717, 1.165) is 17.9 Å². The predicted molar refractivity (Wildman–Crippen MR) is 73.8 cm³/mol. The molecule has 3 heteroatoms. The van der Waals surface area contributed by atoms with E-state index in [0.29, 0.717) is 11.6 Å². The van der Waals surface area contributed by atoms with Crippen molar-refractivity contribution in [2.45, 2.75) is 44.6 Å². The van der Waals surface area contributed by atoms with Gasteiger partial charge in [-0.1, -0.05) is 19.3 Å². The molecule has 0 unspecified atom stereocenters. The molecule has 1 heterocycles. The molecule has 0 amide bonds. The van der Waals surface area contributed by atoms with Crippen molar-refractivity contribution in [3.8, 4) is 6.07 Å². The lowest BCUT2D eigenvalue weighted by Crippen LogP contribution is -2.16. The molecule has 3 nitrogen and oxygen atoms in total. The van der Waals surface area contributed by atoms with E-state index < -0.39 is 0 Å². The first-order valence-electron chi connectivity index (χ1n) is 7.26. The van der Waals surface area contributed by atoms with Crippen LogP contribution < -0.4 is 0 Å². The molecule has 1 aromatic heterocycles. The quantitative estimate of drug-likeness (QED) is 0.836. The van der Waals surface area contributed by atoms with Gasteiger partial charge in [-0.3, -0.25) is 0 Å². The second-order valence-electron chi connectivity index (χ2n) is 5.95. The Balaban J connectivity index is 1.81. The highest BCUT2D eigenvalue weighted by molar-refractivity contribution is 5.78. The zero-order valence-electron chi connectivity index (χ0n) is 11.0. The van der Waals surface area contributed by atoms with Crippen LogP contribution >= 0.6 is 0 Å². The molecule has 0 aliphatic heterocycles. The maximum Gasteiger partial charge on any atom is 0.110 e. The second-order valence-corrected chi connectivity index (χ2v) is 5.95. The summed E-state index contributed by atoms with van der Waals surface area (Å²) < 4.78 is 2.44. The summed E-state index contributed by atoms with van der Waals surface area (Å²) in [6.45, 7) is 0. The molecule has 2 aliphatic rings. The van der Waals surface area contributed by atoms with Gasteiger partial charge in [-0.2, -0.15) is 5.26 Å². The van der Waals surface area contributed by atoms with Gasteiger partial charge in [-0.15, -0.1) is 0 Å². The minimum atomic E-state index is 0.660. The number of nitriles is 1. The molecule has 19 heavy (non-hydrogen) atoms. The molecule has 0 N–H and O–H groups in total. The number of aromatic nitrogens is 2. The fraction of sp³-hybridized carbons (Fsp3) is 0.500. The first-order chi connectivity index (χ1) is 9.35. The third kappa shape index (κ3) is 1.83. The van der Waals surface area contributed by atoms with Gasteiger partial charge in [0.1, 0.15) is 5.82 Å². The van der Waals surface area contributed by atoms with Crippen molar-refractivity contribution in [3.05, 3.63) is 29.6 Å². The number of hydrogen-bond donors (Lipinski definition) is 0. The lowest BCUT2D eigenvalue weighted by Gasteiger charge is -2.25. The summed E-state index contributed by atoms with van der Waals surface area (Å²) in [5, 5.41) is 9.00. The van der Waals surface area contributed by atoms with Crippen LogP contribution in [-0.4, -0.2) is 9.55 Å². The van der Waals surface area contributed by atoms with Crippen molar-refractivity contribution in [2.24, 2.45) is 5.92 Å². The maximum absolute atomic E-state index is 9.00. The Morgan fingerprint density at radius 3 is 2.74 bits per heavy atom. The van der Waals surface area contributed by atoms with Crippen LogP contribution in [0.3, 0.4) is 0 Å². The van der Waals surface area contributed by atoms with Crippen LogP contribution in [0.2, 0.25) is 0 Å². The van der Waals surface area contributed by atoms with Gasteiger partial charge in [0, 0.05) is 12.5 Å². The molecule has 2 aromatic rings. The highest BCUT2D eigenvalue weighted by Gasteiger charge is 2.30. The SMILES string of the molecule is N#Cc1ccc2c(c1)nc(CC1CCC1)n2C1CC1. The van der Waals surface area contributed by atoms with Crippen molar-refractivity contribution >= 4 is 11.0 Å². The molecule has 0 saturated heterocycles. The van der Waals surface area contributed by atoms with Crippen molar-refractivity contribution in [1.29, 1.82) is 5.26 Å². The van der Waals surface area contributed by atoms with Gasteiger partial charge >= 0.3 is 0 Å². The molecule has 96 valence electrons. The topological polar surface area (TPSA) is 41.6 Å². The monoisotopic (exact) mass is 251 g/mol. The minimum absolute atomic E-state index is 0.660. The van der Waals surface area contributed by atoms with Crippen LogP contribution in [0, 0.1) is 17.2 Å². The number of rotatable bonds is 3. The summed E-state index contributed by atoms with van der Waals surface area (Å²) in [7, 11) is 0. The number of nitrogens with zero attached hydrogens (tertiary/aromatic N) is 3. The Bertz CT molecular complexity index is 669. The maximum atomic E-state index is 9.00. The Hall–Kier alpha value is -1.82. The van der Waals surface area contributed by atoms with E-state index in [4.69, 9.17) is 10.2 Å². The van der Waals surface area contributed by atoms with Crippen LogP contribution in [-0.2, 0) is 6.42 Å². The van der Waals surface area contributed by atoms with Crippen molar-refractivity contribution in [2.75, 3.05) is 0 Å². The van der Waals surface area contributed by atoms with Gasteiger partial charge in [0.15, 0.2) is 0 Å². The lowest BCUT2D eigenvalue weighted by molar-refractivity contribution is 0.306. The zero-order chi connectivity index (χ0) is 12.8. The molecule has 2 aliphatic carbocycles. The third-order valence-electron chi connectivity index (χ3n) is 4.50. The molecule has 0 atom stereocenters. The van der Waals surface area contributed by atoms with E-state index in [1.165, 1.54) is 43.4 Å². The largest absolute Gasteiger partial charge is 0.325 e. The summed E-state index contributed by atoms with van der Waals surface area (Å²) in [5.41, 5.74) is 2.93. The summed E-state index contributed by atoms with van der Waals surface area (Å²) in [5.74, 6) is 2.09. The summed E-state index contributed by atoms with van der Waals surface area (Å²) in [4.78, 5) is 4.82. The van der Waals surface area contributed by atoms with E-state index in [2.05, 4.69) is 16.7 Å². The smallest absolute Gasteiger partial charge is 0.110 e. The average molecular weight is 251 g/mol. The molecule has 0 spiro atoms. The van der Waals surface area contributed by atoms with E-state index in [9.17, 15) is 0 Å². The summed E-state index contributed by atoms with van der Waals surface area (Å²) >= 11 is 0. The average Bonchev–Trinajstić information content (AvgIpc) is 3.14. The molecule has 2 saturated carbocycles. The Morgan fingerprint density at radius 1 is 1.26 bits per heavy atom. The van der Waals surface area contributed by atoms with Gasteiger partial charge in [-0.05, 0) is 37.0 Å². The normalized spacial score (nSPS) is 19.3. The van der Waals surface area contributed by atoms with Gasteiger partial charge in [0.05, 0.1) is 22.7 Å². The Labute approximate surface area is 112 Å². The fourth-order valence-electron chi connectivity index (χ4n) is 3.06. The molecule has 1 aromatic carbocycles. The van der Waals surface area contributed by atoms with E-state index in [1.807, 2.05) is 12.1 Å². The molecular weight excluding hydrogens is 234 g/mol. The first-order valence-corrected chi connectivity index (χ1v) is 7.26. The molecule has 4 rings (SSSR count). The van der Waals surface area contributed by atoms with Crippen molar-refractivity contribution in [1.82, 2.24) is 9.55 Å². The summed E-state index contributed by atoms with van der Waals surface area (Å²) in [6, 6.07) is 8.78. The highest BCUT2D eigenvalue weighted by atomic mass is 15.1. The minimum Gasteiger partial charge on any atom is -0.325 e. The Morgan fingerprint density at radius 2 is 2.11 bits per heavy atom. The van der Waals surface area contributed by atoms with Gasteiger partial charge < -0.3 is 4.57 Å². The van der Waals surface area contributed by atoms with Crippen LogP contribution in [0.25, 0.3) is 11.0 Å². The van der Waals surface area contributed by atoms with Crippen molar-refractivity contribution < 1.29 is 0 Å². The number of benzene rings is 1. The number of hydrogen-bond acceptors (Lipinski definition) is 2. The summed E-state index contributed by atoms with van der Waals surface area (Å²) in [6.07, 6.45) is 7.78. The second kappa shape index (κ2) is 4.09. The predicted octanol–water partition coefficient (Wildman–Crippen LogP) is 3.59. The van der Waals surface area contributed by atoms with Crippen LogP contribution in [0.1, 0.15) is 49.5 Å². The standard InChI is InChI=1S/C16H17N3/c17-10-12-4-7-15-14(8-12)18-16(9-11-2-1-3-11)19(15)13-5-6-13/h4,7-8,11,13H,1-3,5-6,9H2. The molecule has 0 bridgehead atoms. The van der Waals surface area contributed by atoms with E-state index >= 15 is 0 Å². The van der Waals surface area contributed by atoms with Gasteiger partial charge in [-0.25, -0.2) is 4.98 Å². The lowest BCUT2D eigenvalue weighted by atomic mass is 9.83. The van der Waals surface area contributed by atoms with Crippen molar-refractivity contribution in [3.63, 3.8) is 0 Å². The molecule has 0 radical (unpaired) electrons. The first kappa shape index (κ1) is 11.0. The molecular formula is C16H17N3. The molecule has 2 fully saturated rings. The van der Waals surface area contributed by atoms with Crippen LogP contribution in [0.15, 0.2) is 18.2 Å². The van der Waals surface area contributed by atoms with Crippen LogP contribution in [0.5, 0.6) is 0 Å². The third-order valence-corrected chi connectivity index (χ3v) is 4.50. The number of imidazole rings is 1. The van der Waals surface area contributed by atoms with Crippen LogP contribution in [0.4, 0.5) is 0 Å². The number of fused-ring (bicyclic) bond motifs is 1. The van der Waals surface area contributed by atoms with Gasteiger partial charge in [0.2, 0.25) is 0 Å². The zero-order valence-corrected chi connectivity index (χ0v) is 11.0. The van der Waals surface area contributed by atoms with E-state index in [-0.39, 0.29) is 0 Å². The van der Waals surface area contributed by atoms with E-state index in [1.54, 1.807) is 0 Å².